The number of ether oxygens (including phenoxy) is 2. The predicted octanol–water partition coefficient (Wildman–Crippen LogP) is 1.85. The number of hydrogen-bond acceptors (Lipinski definition) is 6. The molecule has 2 aromatic heterocycles. The van der Waals surface area contributed by atoms with E-state index in [0.29, 0.717) is 23.5 Å². The van der Waals surface area contributed by atoms with E-state index < -0.39 is 11.4 Å². The fourth-order valence-corrected chi connectivity index (χ4v) is 2.45. The lowest BCUT2D eigenvalue weighted by atomic mass is 9.89. The molecule has 1 aliphatic carbocycles. The van der Waals surface area contributed by atoms with Crippen LogP contribution >= 0.6 is 0 Å². The summed E-state index contributed by atoms with van der Waals surface area (Å²) in [6.07, 6.45) is 1.45. The number of nitrogens with one attached hydrogen (secondary N) is 1. The molecule has 1 atom stereocenters. The summed E-state index contributed by atoms with van der Waals surface area (Å²) in [6.45, 7) is 2.11. The van der Waals surface area contributed by atoms with Gasteiger partial charge in [0.25, 0.3) is 5.79 Å². The molecule has 2 heterocycles. The van der Waals surface area contributed by atoms with Crippen molar-refractivity contribution in [3.63, 3.8) is 0 Å². The Bertz CT molecular complexity index is 729. The smallest absolute Gasteiger partial charge is 0.336 e. The highest BCUT2D eigenvalue weighted by molar-refractivity contribution is 6.13. The van der Waals surface area contributed by atoms with Crippen LogP contribution in [0.5, 0.6) is 0 Å². The molecule has 0 bridgehead atoms. The normalized spacial score (nSPS) is 20.6. The first-order valence-corrected chi connectivity index (χ1v) is 6.15. The lowest BCUT2D eigenvalue weighted by Gasteiger charge is -2.33. The van der Waals surface area contributed by atoms with Crippen LogP contribution in [0.3, 0.4) is 0 Å². The Labute approximate surface area is 114 Å². The molecule has 0 radical (unpaired) electrons. The van der Waals surface area contributed by atoms with Gasteiger partial charge in [0.2, 0.25) is 0 Å². The van der Waals surface area contributed by atoms with Gasteiger partial charge in [-0.2, -0.15) is 0 Å². The van der Waals surface area contributed by atoms with Crippen LogP contribution in [0.15, 0.2) is 38.1 Å². The van der Waals surface area contributed by atoms with E-state index in [4.69, 9.17) is 23.7 Å². The van der Waals surface area contributed by atoms with E-state index in [1.807, 2.05) is 0 Å². The van der Waals surface area contributed by atoms with Gasteiger partial charge in [0.05, 0.1) is 12.0 Å². The second-order valence-electron chi connectivity index (χ2n) is 4.29. The molecule has 0 saturated heterocycles. The molecule has 0 amide bonds. The van der Waals surface area contributed by atoms with Crippen molar-refractivity contribution in [2.24, 2.45) is 0 Å². The van der Waals surface area contributed by atoms with Gasteiger partial charge in [-0.3, -0.25) is 5.41 Å². The highest BCUT2D eigenvalue weighted by Gasteiger charge is 2.50. The van der Waals surface area contributed by atoms with Gasteiger partial charge in [-0.05, 0) is 19.1 Å². The maximum atomic E-state index is 11.5. The van der Waals surface area contributed by atoms with Gasteiger partial charge in [-0.1, -0.05) is 0 Å². The zero-order chi connectivity index (χ0) is 14.3. The largest absolute Gasteiger partial charge is 0.462 e. The Morgan fingerprint density at radius 3 is 2.70 bits per heavy atom. The van der Waals surface area contributed by atoms with Crippen LogP contribution in [0.4, 0.5) is 0 Å². The molecule has 0 aliphatic heterocycles. The van der Waals surface area contributed by atoms with Crippen molar-refractivity contribution < 1.29 is 18.3 Å². The Balaban J connectivity index is 2.37. The zero-order valence-corrected chi connectivity index (χ0v) is 11.1. The fraction of sp³-hybridized carbons (Fsp3) is 0.286. The van der Waals surface area contributed by atoms with Crippen LogP contribution in [0.2, 0.25) is 0 Å². The summed E-state index contributed by atoms with van der Waals surface area (Å²) < 4.78 is 21.9. The van der Waals surface area contributed by atoms with Crippen LogP contribution in [0, 0.1) is 5.41 Å². The first-order valence-electron chi connectivity index (χ1n) is 6.15. The SMILES string of the molecule is CCOC1(OC)c2occc2C(=N)c2ccc(=O)oc21. The van der Waals surface area contributed by atoms with Gasteiger partial charge in [0, 0.05) is 30.9 Å². The third-order valence-corrected chi connectivity index (χ3v) is 3.27. The maximum absolute atomic E-state index is 11.5. The van der Waals surface area contributed by atoms with Crippen LogP contribution in [-0.4, -0.2) is 19.4 Å². The highest BCUT2D eigenvalue weighted by Crippen LogP contribution is 2.43. The number of fused-ring (bicyclic) bond motifs is 2. The number of rotatable bonds is 3. The summed E-state index contributed by atoms with van der Waals surface area (Å²) in [5.74, 6) is -0.982. The molecule has 0 saturated carbocycles. The minimum atomic E-state index is -1.44. The molecule has 1 unspecified atom stereocenters. The highest BCUT2D eigenvalue weighted by atomic mass is 16.7. The summed E-state index contributed by atoms with van der Waals surface area (Å²) in [5, 5.41) is 8.19. The number of hydrogen-bond donors (Lipinski definition) is 1. The van der Waals surface area contributed by atoms with Crippen molar-refractivity contribution in [2.75, 3.05) is 13.7 Å². The van der Waals surface area contributed by atoms with Crippen molar-refractivity contribution in [1.82, 2.24) is 0 Å². The van der Waals surface area contributed by atoms with Crippen molar-refractivity contribution in [3.05, 3.63) is 57.5 Å². The van der Waals surface area contributed by atoms with E-state index in [9.17, 15) is 4.79 Å². The van der Waals surface area contributed by atoms with E-state index in [2.05, 4.69) is 0 Å². The van der Waals surface area contributed by atoms with E-state index >= 15 is 0 Å². The maximum Gasteiger partial charge on any atom is 0.336 e. The molecule has 0 fully saturated rings. The van der Waals surface area contributed by atoms with Crippen molar-refractivity contribution in [2.45, 2.75) is 12.7 Å². The summed E-state index contributed by atoms with van der Waals surface area (Å²) in [5.41, 5.74) is 0.683. The van der Waals surface area contributed by atoms with E-state index in [0.717, 1.165) is 0 Å². The van der Waals surface area contributed by atoms with E-state index in [1.165, 1.54) is 25.5 Å². The third kappa shape index (κ3) is 1.52. The summed E-state index contributed by atoms with van der Waals surface area (Å²) in [7, 11) is 1.44. The Hall–Kier alpha value is -2.18. The topological polar surface area (TPSA) is 85.7 Å². The molecule has 1 N–H and O–H groups in total. The van der Waals surface area contributed by atoms with Gasteiger partial charge < -0.3 is 18.3 Å². The average Bonchev–Trinajstić information content (AvgIpc) is 2.93. The lowest BCUT2D eigenvalue weighted by molar-refractivity contribution is -0.221. The number of methoxy groups -OCH3 is 1. The Kier molecular flexibility index (Phi) is 2.84. The standard InChI is InChI=1S/C14H13NO5/c1-3-19-14(17-2)12-9(6-7-18-12)11(15)8-4-5-10(16)20-13(8)14/h4-7,15H,3H2,1-2H3. The van der Waals surface area contributed by atoms with Crippen LogP contribution in [0.25, 0.3) is 0 Å². The van der Waals surface area contributed by atoms with Gasteiger partial charge in [-0.15, -0.1) is 0 Å². The average molecular weight is 275 g/mol. The summed E-state index contributed by atoms with van der Waals surface area (Å²) in [6, 6.07) is 4.47. The van der Waals surface area contributed by atoms with Gasteiger partial charge in [0.15, 0.2) is 11.5 Å². The Morgan fingerprint density at radius 2 is 2.00 bits per heavy atom. The Morgan fingerprint density at radius 1 is 1.25 bits per heavy atom. The van der Waals surface area contributed by atoms with Gasteiger partial charge >= 0.3 is 5.63 Å². The van der Waals surface area contributed by atoms with E-state index in [1.54, 1.807) is 13.0 Å². The van der Waals surface area contributed by atoms with Crippen molar-refractivity contribution in [1.29, 1.82) is 5.41 Å². The monoisotopic (exact) mass is 275 g/mol. The molecule has 1 aliphatic rings. The molecule has 104 valence electrons. The molecular formula is C14H13NO5. The molecule has 0 aromatic carbocycles. The summed E-state index contributed by atoms with van der Waals surface area (Å²) in [4.78, 5) is 11.5. The first-order chi connectivity index (χ1) is 9.64. The predicted molar refractivity (Wildman–Crippen MR) is 69.0 cm³/mol. The van der Waals surface area contributed by atoms with Crippen LogP contribution in [0.1, 0.15) is 29.6 Å². The molecule has 20 heavy (non-hydrogen) atoms. The minimum Gasteiger partial charge on any atom is -0.462 e. The quantitative estimate of drug-likeness (QED) is 0.864. The minimum absolute atomic E-state index is 0.141. The van der Waals surface area contributed by atoms with Gasteiger partial charge in [0.1, 0.15) is 0 Å². The fourth-order valence-electron chi connectivity index (χ4n) is 2.45. The molecule has 2 aromatic rings. The zero-order valence-electron chi connectivity index (χ0n) is 11.1. The molecule has 6 heteroatoms. The van der Waals surface area contributed by atoms with Crippen molar-refractivity contribution in [3.8, 4) is 0 Å². The molecule has 0 spiro atoms. The molecule has 3 rings (SSSR count). The third-order valence-electron chi connectivity index (χ3n) is 3.27. The van der Waals surface area contributed by atoms with E-state index in [-0.39, 0.29) is 11.5 Å². The second-order valence-corrected chi connectivity index (χ2v) is 4.29. The van der Waals surface area contributed by atoms with Gasteiger partial charge in [-0.25, -0.2) is 4.79 Å². The van der Waals surface area contributed by atoms with Crippen LogP contribution < -0.4 is 5.63 Å². The van der Waals surface area contributed by atoms with Crippen LogP contribution in [-0.2, 0) is 15.3 Å². The van der Waals surface area contributed by atoms with Crippen molar-refractivity contribution >= 4 is 5.71 Å². The molecule has 6 nitrogen and oxygen atoms in total. The number of furan rings is 1. The second kappa shape index (κ2) is 4.43. The lowest BCUT2D eigenvalue weighted by Crippen LogP contribution is -2.40. The first kappa shape index (κ1) is 12.8. The summed E-state index contributed by atoms with van der Waals surface area (Å²) >= 11 is 0. The molecular weight excluding hydrogens is 262 g/mol.